The molecule has 0 aliphatic carbocycles. The van der Waals surface area contributed by atoms with Crippen molar-refractivity contribution in [3.8, 4) is 0 Å². The maximum Gasteiger partial charge on any atom is 0.345 e. The van der Waals surface area contributed by atoms with Crippen molar-refractivity contribution in [2.45, 2.75) is 32.9 Å². The molecule has 0 saturated carbocycles. The summed E-state index contributed by atoms with van der Waals surface area (Å²) < 4.78 is 4.67. The number of nitrogens with zero attached hydrogens (tertiary/aromatic N) is 5. The van der Waals surface area contributed by atoms with Crippen molar-refractivity contribution in [2.75, 3.05) is 5.32 Å². The zero-order chi connectivity index (χ0) is 19.8. The number of aryl methyl sites for hydroxylation is 3. The molecule has 3 heterocycles. The second-order valence-electron chi connectivity index (χ2n) is 7.11. The molecule has 146 valence electrons. The molecule has 1 N–H and O–H groups in total. The monoisotopic (exact) mass is 400 g/mol. The van der Waals surface area contributed by atoms with Gasteiger partial charge in [-0.05, 0) is 31.0 Å². The SMILES string of the molecule is Cc1cc(NC(=O)C2CCc3nn(C)c(=O)n3C2)n(Cc2ccc(Cl)cc2)n1. The highest BCUT2D eigenvalue weighted by Crippen LogP contribution is 2.20. The Bertz CT molecular complexity index is 1080. The Morgan fingerprint density at radius 3 is 2.79 bits per heavy atom. The maximum absolute atomic E-state index is 12.8. The van der Waals surface area contributed by atoms with Crippen LogP contribution in [-0.4, -0.2) is 30.0 Å². The largest absolute Gasteiger partial charge is 0.345 e. The molecule has 0 spiro atoms. The van der Waals surface area contributed by atoms with Gasteiger partial charge in [0.05, 0.1) is 18.2 Å². The minimum Gasteiger partial charge on any atom is -0.311 e. The number of halogens is 1. The van der Waals surface area contributed by atoms with Gasteiger partial charge < -0.3 is 5.32 Å². The van der Waals surface area contributed by atoms with Crippen LogP contribution in [-0.2, 0) is 31.4 Å². The van der Waals surface area contributed by atoms with Gasteiger partial charge in [0.1, 0.15) is 11.6 Å². The van der Waals surface area contributed by atoms with E-state index in [1.54, 1.807) is 16.3 Å². The quantitative estimate of drug-likeness (QED) is 0.725. The molecule has 0 saturated heterocycles. The van der Waals surface area contributed by atoms with E-state index in [-0.39, 0.29) is 17.5 Å². The summed E-state index contributed by atoms with van der Waals surface area (Å²) in [5, 5.41) is 12.4. The molecule has 1 aliphatic rings. The van der Waals surface area contributed by atoms with Gasteiger partial charge in [-0.3, -0.25) is 9.36 Å². The minimum absolute atomic E-state index is 0.112. The van der Waals surface area contributed by atoms with Crippen molar-refractivity contribution in [1.29, 1.82) is 0 Å². The average Bonchev–Trinajstić information content (AvgIpc) is 3.15. The fraction of sp³-hybridized carbons (Fsp3) is 0.368. The van der Waals surface area contributed by atoms with Gasteiger partial charge in [-0.1, -0.05) is 23.7 Å². The molecule has 0 bridgehead atoms. The Morgan fingerprint density at radius 1 is 1.29 bits per heavy atom. The van der Waals surface area contributed by atoms with E-state index < -0.39 is 0 Å². The number of hydrogen-bond donors (Lipinski definition) is 1. The number of fused-ring (bicyclic) bond motifs is 1. The van der Waals surface area contributed by atoms with E-state index in [1.165, 1.54) is 4.68 Å². The van der Waals surface area contributed by atoms with Crippen molar-refractivity contribution in [3.05, 3.63) is 62.9 Å². The standard InChI is InChI=1S/C19H21ClN6O2/c1-12-9-17(26(22-12)10-13-3-6-15(20)7-4-13)21-18(27)14-5-8-16-23-24(2)19(28)25(16)11-14/h3-4,6-7,9,14H,5,8,10-11H2,1-2H3,(H,21,27). The normalized spacial score (nSPS) is 16.0. The zero-order valence-corrected chi connectivity index (χ0v) is 16.5. The Morgan fingerprint density at radius 2 is 2.04 bits per heavy atom. The number of aromatic nitrogens is 5. The summed E-state index contributed by atoms with van der Waals surface area (Å²) in [6.07, 6.45) is 1.27. The summed E-state index contributed by atoms with van der Waals surface area (Å²) in [6, 6.07) is 9.37. The summed E-state index contributed by atoms with van der Waals surface area (Å²) >= 11 is 5.94. The van der Waals surface area contributed by atoms with E-state index in [0.717, 1.165) is 17.1 Å². The highest BCUT2D eigenvalue weighted by atomic mass is 35.5. The summed E-state index contributed by atoms with van der Waals surface area (Å²) in [4.78, 5) is 25.0. The van der Waals surface area contributed by atoms with Crippen LogP contribution in [0.2, 0.25) is 5.02 Å². The van der Waals surface area contributed by atoms with E-state index in [1.807, 2.05) is 37.3 Å². The molecule has 1 unspecified atom stereocenters. The van der Waals surface area contributed by atoms with Crippen LogP contribution >= 0.6 is 11.6 Å². The third kappa shape index (κ3) is 3.60. The number of amides is 1. The lowest BCUT2D eigenvalue weighted by Crippen LogP contribution is -2.36. The van der Waals surface area contributed by atoms with Crippen molar-refractivity contribution >= 4 is 23.3 Å². The molecule has 28 heavy (non-hydrogen) atoms. The van der Waals surface area contributed by atoms with Crippen LogP contribution in [0.4, 0.5) is 5.82 Å². The first kappa shape index (κ1) is 18.5. The molecule has 2 aromatic heterocycles. The van der Waals surface area contributed by atoms with Crippen LogP contribution in [0.3, 0.4) is 0 Å². The van der Waals surface area contributed by atoms with Gasteiger partial charge in [-0.2, -0.15) is 10.2 Å². The maximum atomic E-state index is 12.8. The molecule has 4 rings (SSSR count). The van der Waals surface area contributed by atoms with Gasteiger partial charge in [0.15, 0.2) is 0 Å². The summed E-state index contributed by atoms with van der Waals surface area (Å²) in [5.41, 5.74) is 1.67. The van der Waals surface area contributed by atoms with E-state index in [2.05, 4.69) is 15.5 Å². The second-order valence-corrected chi connectivity index (χ2v) is 7.55. The molecule has 1 amide bonds. The molecular weight excluding hydrogens is 380 g/mol. The van der Waals surface area contributed by atoms with Crippen molar-refractivity contribution in [2.24, 2.45) is 13.0 Å². The molecule has 1 aliphatic heterocycles. The number of anilines is 1. The summed E-state index contributed by atoms with van der Waals surface area (Å²) in [6.45, 7) is 2.76. The Balaban J connectivity index is 1.50. The van der Waals surface area contributed by atoms with E-state index in [9.17, 15) is 9.59 Å². The highest BCUT2D eigenvalue weighted by Gasteiger charge is 2.28. The Kier molecular flexibility index (Phi) is 4.80. The number of carbonyl (C=O) groups is 1. The molecule has 1 aromatic carbocycles. The predicted molar refractivity (Wildman–Crippen MR) is 105 cm³/mol. The number of benzene rings is 1. The lowest BCUT2D eigenvalue weighted by Gasteiger charge is -2.21. The topological polar surface area (TPSA) is 86.7 Å². The molecule has 0 radical (unpaired) electrons. The van der Waals surface area contributed by atoms with Crippen LogP contribution in [0.1, 0.15) is 23.5 Å². The fourth-order valence-corrected chi connectivity index (χ4v) is 3.64. The van der Waals surface area contributed by atoms with E-state index in [0.29, 0.717) is 36.8 Å². The number of carbonyl (C=O) groups excluding carboxylic acids is 1. The molecule has 0 fully saturated rings. The van der Waals surface area contributed by atoms with Crippen LogP contribution in [0, 0.1) is 12.8 Å². The Hall–Kier alpha value is -2.87. The van der Waals surface area contributed by atoms with Crippen LogP contribution < -0.4 is 11.0 Å². The predicted octanol–water partition coefficient (Wildman–Crippen LogP) is 1.99. The number of rotatable bonds is 4. The van der Waals surface area contributed by atoms with Gasteiger partial charge in [-0.25, -0.2) is 14.2 Å². The zero-order valence-electron chi connectivity index (χ0n) is 15.7. The van der Waals surface area contributed by atoms with Crippen LogP contribution in [0.5, 0.6) is 0 Å². The first-order valence-corrected chi connectivity index (χ1v) is 9.51. The van der Waals surface area contributed by atoms with Crippen LogP contribution in [0.25, 0.3) is 0 Å². The van der Waals surface area contributed by atoms with Gasteiger partial charge >= 0.3 is 5.69 Å². The minimum atomic E-state index is -0.284. The third-order valence-corrected chi connectivity index (χ3v) is 5.23. The van der Waals surface area contributed by atoms with E-state index in [4.69, 9.17) is 11.6 Å². The smallest absolute Gasteiger partial charge is 0.311 e. The second kappa shape index (κ2) is 7.27. The number of hydrogen-bond acceptors (Lipinski definition) is 4. The first-order chi connectivity index (χ1) is 13.4. The highest BCUT2D eigenvalue weighted by molar-refractivity contribution is 6.30. The lowest BCUT2D eigenvalue weighted by molar-refractivity contribution is -0.120. The lowest BCUT2D eigenvalue weighted by atomic mass is 9.98. The molecule has 8 nitrogen and oxygen atoms in total. The van der Waals surface area contributed by atoms with Crippen molar-refractivity contribution in [3.63, 3.8) is 0 Å². The van der Waals surface area contributed by atoms with Gasteiger partial charge in [-0.15, -0.1) is 0 Å². The van der Waals surface area contributed by atoms with Gasteiger partial charge in [0.2, 0.25) is 5.91 Å². The molecule has 1 atom stereocenters. The van der Waals surface area contributed by atoms with Gasteiger partial charge in [0.25, 0.3) is 0 Å². The van der Waals surface area contributed by atoms with Gasteiger partial charge in [0, 0.05) is 31.1 Å². The van der Waals surface area contributed by atoms with Crippen molar-refractivity contribution in [1.82, 2.24) is 24.1 Å². The summed E-state index contributed by atoms with van der Waals surface area (Å²) in [7, 11) is 1.63. The number of nitrogens with one attached hydrogen (secondary N) is 1. The van der Waals surface area contributed by atoms with Crippen LogP contribution in [0.15, 0.2) is 35.1 Å². The van der Waals surface area contributed by atoms with E-state index >= 15 is 0 Å². The average molecular weight is 401 g/mol. The molecule has 9 heteroatoms. The fourth-order valence-electron chi connectivity index (χ4n) is 3.51. The third-order valence-electron chi connectivity index (χ3n) is 4.97. The molecular formula is C19H21ClN6O2. The first-order valence-electron chi connectivity index (χ1n) is 9.13. The molecule has 3 aromatic rings. The Labute approximate surface area is 166 Å². The van der Waals surface area contributed by atoms with Crippen molar-refractivity contribution < 1.29 is 4.79 Å². The summed E-state index contributed by atoms with van der Waals surface area (Å²) in [5.74, 6) is 0.981.